The van der Waals surface area contributed by atoms with Crippen molar-refractivity contribution in [2.75, 3.05) is 44.2 Å². The molecule has 5 heteroatoms. The number of hydrogen-bond acceptors (Lipinski definition) is 3. The van der Waals surface area contributed by atoms with Gasteiger partial charge in [-0.05, 0) is 30.5 Å². The van der Waals surface area contributed by atoms with Crippen LogP contribution < -0.4 is 10.2 Å². The number of para-hydroxylation sites is 1. The molecule has 1 unspecified atom stereocenters. The maximum absolute atomic E-state index is 12.6. The third-order valence-electron chi connectivity index (χ3n) is 5.92. The van der Waals surface area contributed by atoms with Crippen LogP contribution in [-0.2, 0) is 6.54 Å². The normalized spacial score (nSPS) is 20.8. The molecule has 4 rings (SSSR count). The molecular weight excluding hydrogens is 348 g/mol. The van der Waals surface area contributed by atoms with Gasteiger partial charge in [-0.15, -0.1) is 0 Å². The summed E-state index contributed by atoms with van der Waals surface area (Å²) in [6, 6.07) is 21.3. The van der Waals surface area contributed by atoms with E-state index in [4.69, 9.17) is 0 Å². The molecule has 2 amide bonds. The number of anilines is 1. The van der Waals surface area contributed by atoms with E-state index in [0.29, 0.717) is 12.6 Å². The van der Waals surface area contributed by atoms with Gasteiger partial charge in [0.15, 0.2) is 0 Å². The highest BCUT2D eigenvalue weighted by molar-refractivity contribution is 5.74. The molecule has 0 aliphatic carbocycles. The summed E-state index contributed by atoms with van der Waals surface area (Å²) in [6.07, 6.45) is 2.27. The summed E-state index contributed by atoms with van der Waals surface area (Å²) in [5, 5.41) is 3.08. The van der Waals surface area contributed by atoms with Crippen LogP contribution in [0.15, 0.2) is 60.7 Å². The molecule has 0 saturated carbocycles. The van der Waals surface area contributed by atoms with Crippen LogP contribution in [0.4, 0.5) is 10.5 Å². The van der Waals surface area contributed by atoms with E-state index in [2.05, 4.69) is 45.4 Å². The third-order valence-corrected chi connectivity index (χ3v) is 5.92. The van der Waals surface area contributed by atoms with Crippen LogP contribution >= 0.6 is 0 Å². The molecule has 2 aromatic carbocycles. The van der Waals surface area contributed by atoms with Crippen LogP contribution in [-0.4, -0.2) is 61.1 Å². The number of benzene rings is 2. The Morgan fingerprint density at radius 2 is 1.57 bits per heavy atom. The number of amides is 2. The Bertz CT molecular complexity index is 744. The van der Waals surface area contributed by atoms with Crippen LogP contribution in [0.3, 0.4) is 0 Å². The Kier molecular flexibility index (Phi) is 6.12. The molecule has 0 aromatic heterocycles. The SMILES string of the molecule is O=C(NCc1ccccc1)N1CCCC(N2CCN(c3ccccc3)CC2)C1. The van der Waals surface area contributed by atoms with E-state index in [9.17, 15) is 4.79 Å². The maximum Gasteiger partial charge on any atom is 0.317 e. The Morgan fingerprint density at radius 1 is 0.893 bits per heavy atom. The van der Waals surface area contributed by atoms with Gasteiger partial charge in [0.1, 0.15) is 0 Å². The van der Waals surface area contributed by atoms with E-state index in [-0.39, 0.29) is 6.03 Å². The Balaban J connectivity index is 1.26. The number of urea groups is 1. The fourth-order valence-corrected chi connectivity index (χ4v) is 4.31. The highest BCUT2D eigenvalue weighted by Crippen LogP contribution is 2.21. The predicted molar refractivity (Wildman–Crippen MR) is 114 cm³/mol. The Hall–Kier alpha value is -2.53. The van der Waals surface area contributed by atoms with Crippen molar-refractivity contribution in [1.82, 2.24) is 15.1 Å². The number of rotatable bonds is 4. The van der Waals surface area contributed by atoms with Crippen LogP contribution in [0.1, 0.15) is 18.4 Å². The molecule has 2 aromatic rings. The van der Waals surface area contributed by atoms with E-state index in [0.717, 1.165) is 51.3 Å². The molecule has 2 aliphatic heterocycles. The van der Waals surface area contributed by atoms with Gasteiger partial charge in [0.2, 0.25) is 0 Å². The molecular formula is C23H30N4O. The van der Waals surface area contributed by atoms with Gasteiger partial charge in [-0.3, -0.25) is 4.90 Å². The largest absolute Gasteiger partial charge is 0.369 e. The number of piperidine rings is 1. The van der Waals surface area contributed by atoms with Crippen molar-refractivity contribution in [3.8, 4) is 0 Å². The van der Waals surface area contributed by atoms with Crippen LogP contribution in [0.5, 0.6) is 0 Å². The first kappa shape index (κ1) is 18.8. The molecule has 5 nitrogen and oxygen atoms in total. The van der Waals surface area contributed by atoms with Gasteiger partial charge < -0.3 is 15.1 Å². The minimum atomic E-state index is 0.0662. The Morgan fingerprint density at radius 3 is 2.29 bits per heavy atom. The number of hydrogen-bond donors (Lipinski definition) is 1. The zero-order valence-corrected chi connectivity index (χ0v) is 16.5. The molecule has 1 N–H and O–H groups in total. The number of piperazine rings is 1. The Labute approximate surface area is 167 Å². The lowest BCUT2D eigenvalue weighted by atomic mass is 10.0. The minimum absolute atomic E-state index is 0.0662. The zero-order valence-electron chi connectivity index (χ0n) is 16.5. The third kappa shape index (κ3) is 4.65. The first-order valence-corrected chi connectivity index (χ1v) is 10.4. The summed E-state index contributed by atoms with van der Waals surface area (Å²) in [5.41, 5.74) is 2.45. The van der Waals surface area contributed by atoms with E-state index >= 15 is 0 Å². The van der Waals surface area contributed by atoms with Gasteiger partial charge in [0.05, 0.1) is 0 Å². The second-order valence-corrected chi connectivity index (χ2v) is 7.74. The average molecular weight is 379 g/mol. The quantitative estimate of drug-likeness (QED) is 0.888. The minimum Gasteiger partial charge on any atom is -0.369 e. The van der Waals surface area contributed by atoms with Gasteiger partial charge in [0.25, 0.3) is 0 Å². The van der Waals surface area contributed by atoms with E-state index in [1.165, 1.54) is 12.1 Å². The number of carbonyl (C=O) groups is 1. The van der Waals surface area contributed by atoms with E-state index in [1.807, 2.05) is 35.2 Å². The van der Waals surface area contributed by atoms with E-state index < -0.39 is 0 Å². The maximum atomic E-state index is 12.6. The highest BCUT2D eigenvalue weighted by Gasteiger charge is 2.29. The van der Waals surface area contributed by atoms with E-state index in [1.54, 1.807) is 0 Å². The van der Waals surface area contributed by atoms with Crippen molar-refractivity contribution in [2.24, 2.45) is 0 Å². The van der Waals surface area contributed by atoms with Crippen LogP contribution in [0.25, 0.3) is 0 Å². The molecule has 2 aliphatic rings. The van der Waals surface area contributed by atoms with Gasteiger partial charge >= 0.3 is 6.03 Å². The monoisotopic (exact) mass is 378 g/mol. The van der Waals surface area contributed by atoms with Gasteiger partial charge in [-0.1, -0.05) is 48.5 Å². The molecule has 0 bridgehead atoms. The summed E-state index contributed by atoms with van der Waals surface area (Å²) < 4.78 is 0. The zero-order chi connectivity index (χ0) is 19.2. The molecule has 2 heterocycles. The molecule has 0 spiro atoms. The van der Waals surface area contributed by atoms with Crippen molar-refractivity contribution >= 4 is 11.7 Å². The second-order valence-electron chi connectivity index (χ2n) is 7.74. The lowest BCUT2D eigenvalue weighted by molar-refractivity contribution is 0.104. The fourth-order valence-electron chi connectivity index (χ4n) is 4.31. The number of carbonyl (C=O) groups excluding carboxylic acids is 1. The van der Waals surface area contributed by atoms with Crippen LogP contribution in [0, 0.1) is 0 Å². The van der Waals surface area contributed by atoms with Crippen molar-refractivity contribution in [2.45, 2.75) is 25.4 Å². The summed E-state index contributed by atoms with van der Waals surface area (Å²) in [7, 11) is 0. The van der Waals surface area contributed by atoms with Crippen LogP contribution in [0.2, 0.25) is 0 Å². The molecule has 148 valence electrons. The number of nitrogens with one attached hydrogen (secondary N) is 1. The second kappa shape index (κ2) is 9.11. The lowest BCUT2D eigenvalue weighted by Crippen LogP contribution is -2.56. The summed E-state index contributed by atoms with van der Waals surface area (Å²) >= 11 is 0. The fraction of sp³-hybridized carbons (Fsp3) is 0.435. The van der Waals surface area contributed by atoms with Gasteiger partial charge in [0, 0.05) is 57.5 Å². The summed E-state index contributed by atoms with van der Waals surface area (Å²) in [4.78, 5) is 19.7. The van der Waals surface area contributed by atoms with Crippen molar-refractivity contribution in [3.05, 3.63) is 66.2 Å². The first-order chi connectivity index (χ1) is 13.8. The smallest absolute Gasteiger partial charge is 0.317 e. The standard InChI is InChI=1S/C23H30N4O/c28-23(24-18-20-8-3-1-4-9-20)27-13-7-12-22(19-27)26-16-14-25(15-17-26)21-10-5-2-6-11-21/h1-6,8-11,22H,7,12-19H2,(H,24,28). The first-order valence-electron chi connectivity index (χ1n) is 10.4. The lowest BCUT2D eigenvalue weighted by Gasteiger charge is -2.43. The van der Waals surface area contributed by atoms with Gasteiger partial charge in [-0.25, -0.2) is 4.79 Å². The van der Waals surface area contributed by atoms with Crippen molar-refractivity contribution in [1.29, 1.82) is 0 Å². The molecule has 2 saturated heterocycles. The number of likely N-dealkylation sites (tertiary alicyclic amines) is 1. The molecule has 2 fully saturated rings. The molecule has 1 atom stereocenters. The van der Waals surface area contributed by atoms with Crippen molar-refractivity contribution in [3.63, 3.8) is 0 Å². The van der Waals surface area contributed by atoms with Crippen molar-refractivity contribution < 1.29 is 4.79 Å². The highest BCUT2D eigenvalue weighted by atomic mass is 16.2. The number of nitrogens with zero attached hydrogens (tertiary/aromatic N) is 3. The molecule has 0 radical (unpaired) electrons. The predicted octanol–water partition coefficient (Wildman–Crippen LogP) is 3.18. The van der Waals surface area contributed by atoms with Gasteiger partial charge in [-0.2, -0.15) is 0 Å². The molecule has 28 heavy (non-hydrogen) atoms. The topological polar surface area (TPSA) is 38.8 Å². The average Bonchev–Trinajstić information content (AvgIpc) is 2.79. The summed E-state index contributed by atoms with van der Waals surface area (Å²) in [6.45, 7) is 6.54. The summed E-state index contributed by atoms with van der Waals surface area (Å²) in [5.74, 6) is 0.